The molecule has 1 saturated heterocycles. The first-order chi connectivity index (χ1) is 9.90. The molecule has 0 spiro atoms. The van der Waals surface area contributed by atoms with Gasteiger partial charge in [0.15, 0.2) is 0 Å². The van der Waals surface area contributed by atoms with Gasteiger partial charge in [0.1, 0.15) is 0 Å². The fourth-order valence-corrected chi connectivity index (χ4v) is 3.02. The van der Waals surface area contributed by atoms with Gasteiger partial charge in [0.2, 0.25) is 0 Å². The molecule has 3 heterocycles. The Labute approximate surface area is 117 Å². The van der Waals surface area contributed by atoms with Gasteiger partial charge < -0.3 is 10.3 Å². The van der Waals surface area contributed by atoms with E-state index < -0.39 is 0 Å². The van der Waals surface area contributed by atoms with E-state index in [1.165, 1.54) is 21.9 Å². The standard InChI is InChI=1S/C16H18N4/c1-2-13-14-10-18-4-3-15(14)19-16(13)9-12(1)11-20-7-5-17-6-8-20/h1-4,9-10,17,19H,5-8,11H2. The van der Waals surface area contributed by atoms with Crippen molar-refractivity contribution in [3.05, 3.63) is 42.2 Å². The average Bonchev–Trinajstić information content (AvgIpc) is 2.86. The Bertz CT molecular complexity index is 740. The highest BCUT2D eigenvalue weighted by atomic mass is 15.2. The van der Waals surface area contributed by atoms with Gasteiger partial charge in [-0.1, -0.05) is 12.1 Å². The molecule has 0 unspecified atom stereocenters. The summed E-state index contributed by atoms with van der Waals surface area (Å²) in [5.74, 6) is 0. The zero-order chi connectivity index (χ0) is 13.4. The molecule has 1 aliphatic rings. The quantitative estimate of drug-likeness (QED) is 0.747. The van der Waals surface area contributed by atoms with E-state index in [9.17, 15) is 0 Å². The van der Waals surface area contributed by atoms with Crippen LogP contribution in [0, 0.1) is 0 Å². The molecule has 0 atom stereocenters. The number of nitrogens with one attached hydrogen (secondary N) is 2. The van der Waals surface area contributed by atoms with Gasteiger partial charge in [-0.25, -0.2) is 0 Å². The first kappa shape index (κ1) is 11.9. The monoisotopic (exact) mass is 266 g/mol. The molecule has 1 fully saturated rings. The van der Waals surface area contributed by atoms with Crippen molar-refractivity contribution in [2.24, 2.45) is 0 Å². The minimum atomic E-state index is 1.03. The van der Waals surface area contributed by atoms with Crippen LogP contribution < -0.4 is 5.32 Å². The van der Waals surface area contributed by atoms with Crippen molar-refractivity contribution >= 4 is 21.8 Å². The summed E-state index contributed by atoms with van der Waals surface area (Å²) in [4.78, 5) is 10.2. The fourth-order valence-electron chi connectivity index (χ4n) is 3.02. The molecule has 102 valence electrons. The van der Waals surface area contributed by atoms with Gasteiger partial charge in [-0.3, -0.25) is 9.88 Å². The second-order valence-corrected chi connectivity index (χ2v) is 5.45. The van der Waals surface area contributed by atoms with Crippen LogP contribution in [0.15, 0.2) is 36.7 Å². The van der Waals surface area contributed by atoms with Crippen LogP contribution in [0.3, 0.4) is 0 Å². The molecular formula is C16H18N4. The van der Waals surface area contributed by atoms with E-state index in [0.717, 1.165) is 38.2 Å². The highest BCUT2D eigenvalue weighted by Crippen LogP contribution is 2.25. The summed E-state index contributed by atoms with van der Waals surface area (Å²) in [5.41, 5.74) is 3.74. The molecule has 4 nitrogen and oxygen atoms in total. The van der Waals surface area contributed by atoms with E-state index in [0.29, 0.717) is 0 Å². The van der Waals surface area contributed by atoms with E-state index in [1.54, 1.807) is 0 Å². The lowest BCUT2D eigenvalue weighted by Gasteiger charge is -2.27. The fraction of sp³-hybridized carbons (Fsp3) is 0.312. The summed E-state index contributed by atoms with van der Waals surface area (Å²) >= 11 is 0. The maximum atomic E-state index is 4.22. The van der Waals surface area contributed by atoms with Crippen LogP contribution in [-0.4, -0.2) is 41.0 Å². The van der Waals surface area contributed by atoms with Crippen LogP contribution in [0.25, 0.3) is 21.8 Å². The summed E-state index contributed by atoms with van der Waals surface area (Å²) in [6.45, 7) is 5.50. The van der Waals surface area contributed by atoms with Gasteiger partial charge in [-0.2, -0.15) is 0 Å². The molecule has 3 aromatic rings. The summed E-state index contributed by atoms with van der Waals surface area (Å²) in [6, 6.07) is 8.76. The molecule has 0 saturated carbocycles. The zero-order valence-corrected chi connectivity index (χ0v) is 11.4. The summed E-state index contributed by atoms with van der Waals surface area (Å²) in [5, 5.41) is 5.86. The van der Waals surface area contributed by atoms with Crippen LogP contribution in [0.5, 0.6) is 0 Å². The Balaban J connectivity index is 1.69. The number of rotatable bonds is 2. The number of pyridine rings is 1. The number of aromatic nitrogens is 2. The molecule has 2 aromatic heterocycles. The smallest absolute Gasteiger partial charge is 0.0495 e. The second-order valence-electron chi connectivity index (χ2n) is 5.45. The summed E-state index contributed by atoms with van der Waals surface area (Å²) < 4.78 is 0. The van der Waals surface area contributed by atoms with E-state index in [4.69, 9.17) is 0 Å². The molecule has 4 rings (SSSR count). The molecule has 1 aromatic carbocycles. The van der Waals surface area contributed by atoms with E-state index in [2.05, 4.69) is 38.4 Å². The number of H-pyrrole nitrogens is 1. The molecule has 0 amide bonds. The van der Waals surface area contributed by atoms with Crippen molar-refractivity contribution < 1.29 is 0 Å². The van der Waals surface area contributed by atoms with E-state index in [-0.39, 0.29) is 0 Å². The molecule has 0 aliphatic carbocycles. The van der Waals surface area contributed by atoms with Crippen molar-refractivity contribution in [1.82, 2.24) is 20.2 Å². The highest BCUT2D eigenvalue weighted by Gasteiger charge is 2.11. The number of nitrogens with zero attached hydrogens (tertiary/aromatic N) is 2. The van der Waals surface area contributed by atoms with Crippen LogP contribution in [0.1, 0.15) is 5.56 Å². The third-order valence-corrected chi connectivity index (χ3v) is 4.08. The van der Waals surface area contributed by atoms with Gasteiger partial charge in [0.25, 0.3) is 0 Å². The number of aromatic amines is 1. The first-order valence-corrected chi connectivity index (χ1v) is 7.17. The normalized spacial score (nSPS) is 17.0. The second kappa shape index (κ2) is 4.89. The highest BCUT2D eigenvalue weighted by molar-refractivity contribution is 6.06. The third kappa shape index (κ3) is 2.07. The molecule has 0 bridgehead atoms. The van der Waals surface area contributed by atoms with Crippen LogP contribution in [0.4, 0.5) is 0 Å². The SMILES string of the molecule is c1cc2[nH]c3cc(CN4CCNCC4)ccc3c2cn1. The molecule has 20 heavy (non-hydrogen) atoms. The number of piperazine rings is 1. The Morgan fingerprint density at radius 1 is 1.05 bits per heavy atom. The Morgan fingerprint density at radius 2 is 1.95 bits per heavy atom. The average molecular weight is 266 g/mol. The first-order valence-electron chi connectivity index (χ1n) is 7.17. The van der Waals surface area contributed by atoms with Crippen molar-refractivity contribution in [1.29, 1.82) is 0 Å². The van der Waals surface area contributed by atoms with Crippen molar-refractivity contribution in [3.8, 4) is 0 Å². The van der Waals surface area contributed by atoms with Crippen molar-refractivity contribution in [2.45, 2.75) is 6.54 Å². The van der Waals surface area contributed by atoms with Gasteiger partial charge in [-0.05, 0) is 17.7 Å². The third-order valence-electron chi connectivity index (χ3n) is 4.08. The largest absolute Gasteiger partial charge is 0.354 e. The van der Waals surface area contributed by atoms with Gasteiger partial charge in [0.05, 0.1) is 0 Å². The molecule has 2 N–H and O–H groups in total. The van der Waals surface area contributed by atoms with Crippen molar-refractivity contribution in [3.63, 3.8) is 0 Å². The molecular weight excluding hydrogens is 248 g/mol. The zero-order valence-electron chi connectivity index (χ0n) is 11.4. The van der Waals surface area contributed by atoms with E-state index in [1.807, 2.05) is 18.5 Å². The Kier molecular flexibility index (Phi) is 2.90. The predicted molar refractivity (Wildman–Crippen MR) is 81.7 cm³/mol. The number of fused-ring (bicyclic) bond motifs is 3. The minimum Gasteiger partial charge on any atom is -0.354 e. The lowest BCUT2D eigenvalue weighted by molar-refractivity contribution is 0.233. The maximum Gasteiger partial charge on any atom is 0.0495 e. The number of hydrogen-bond acceptors (Lipinski definition) is 3. The summed E-state index contributed by atoms with van der Waals surface area (Å²) in [7, 11) is 0. The molecule has 1 aliphatic heterocycles. The predicted octanol–water partition coefficient (Wildman–Crippen LogP) is 2.12. The molecule has 0 radical (unpaired) electrons. The van der Waals surface area contributed by atoms with Gasteiger partial charge in [0, 0.05) is 66.9 Å². The lowest BCUT2D eigenvalue weighted by Crippen LogP contribution is -2.42. The van der Waals surface area contributed by atoms with Crippen LogP contribution in [0.2, 0.25) is 0 Å². The maximum absolute atomic E-state index is 4.22. The number of hydrogen-bond donors (Lipinski definition) is 2. The van der Waals surface area contributed by atoms with Gasteiger partial charge >= 0.3 is 0 Å². The Morgan fingerprint density at radius 3 is 2.85 bits per heavy atom. The van der Waals surface area contributed by atoms with E-state index >= 15 is 0 Å². The lowest BCUT2D eigenvalue weighted by atomic mass is 10.1. The minimum absolute atomic E-state index is 1.03. The van der Waals surface area contributed by atoms with Crippen molar-refractivity contribution in [2.75, 3.05) is 26.2 Å². The summed E-state index contributed by atoms with van der Waals surface area (Å²) in [6.07, 6.45) is 3.77. The number of benzene rings is 1. The Hall–Kier alpha value is -1.91. The van der Waals surface area contributed by atoms with Crippen LogP contribution >= 0.6 is 0 Å². The molecule has 4 heteroatoms. The van der Waals surface area contributed by atoms with Crippen LogP contribution in [-0.2, 0) is 6.54 Å². The topological polar surface area (TPSA) is 44.0 Å². The van der Waals surface area contributed by atoms with Gasteiger partial charge in [-0.15, -0.1) is 0 Å².